The maximum atomic E-state index is 10.3. The molecular weight excluding hydrogens is 236 g/mol. The van der Waals surface area contributed by atoms with Gasteiger partial charge in [-0.1, -0.05) is 36.4 Å². The number of rotatable bonds is 1. The van der Waals surface area contributed by atoms with E-state index in [4.69, 9.17) is 4.74 Å². The lowest BCUT2D eigenvalue weighted by Gasteiger charge is -2.31. The molecule has 1 aliphatic heterocycles. The molecule has 0 aliphatic carbocycles. The third-order valence-corrected chi connectivity index (χ3v) is 3.85. The summed E-state index contributed by atoms with van der Waals surface area (Å²) in [5.41, 5.74) is 4.54. The largest absolute Gasteiger partial charge is 0.485 e. The fraction of sp³-hybridized carbons (Fsp3) is 0.294. The van der Waals surface area contributed by atoms with Gasteiger partial charge in [0.2, 0.25) is 0 Å². The van der Waals surface area contributed by atoms with Crippen molar-refractivity contribution < 1.29 is 9.84 Å². The SMILES string of the molecule is Cc1cccc(C)c1C1C[C@@H](O)c2ccccc2O1. The van der Waals surface area contributed by atoms with Crippen molar-refractivity contribution in [3.8, 4) is 5.75 Å². The number of aryl methyl sites for hydroxylation is 2. The highest BCUT2D eigenvalue weighted by atomic mass is 16.5. The third-order valence-electron chi connectivity index (χ3n) is 3.85. The highest BCUT2D eigenvalue weighted by molar-refractivity contribution is 5.41. The molecule has 0 saturated heterocycles. The third kappa shape index (κ3) is 2.13. The van der Waals surface area contributed by atoms with Crippen molar-refractivity contribution >= 4 is 0 Å². The normalized spacial score (nSPS) is 21.6. The highest BCUT2D eigenvalue weighted by Crippen LogP contribution is 2.41. The molecule has 1 N–H and O–H groups in total. The van der Waals surface area contributed by atoms with Gasteiger partial charge in [-0.25, -0.2) is 0 Å². The van der Waals surface area contributed by atoms with Crippen LogP contribution in [-0.4, -0.2) is 5.11 Å². The minimum Gasteiger partial charge on any atom is -0.485 e. The monoisotopic (exact) mass is 254 g/mol. The lowest BCUT2D eigenvalue weighted by atomic mass is 9.90. The van der Waals surface area contributed by atoms with E-state index in [1.807, 2.05) is 24.3 Å². The van der Waals surface area contributed by atoms with Crippen LogP contribution in [0.15, 0.2) is 42.5 Å². The summed E-state index contributed by atoms with van der Waals surface area (Å²) in [6.07, 6.45) is 0.1000. The lowest BCUT2D eigenvalue weighted by Crippen LogP contribution is -2.20. The number of benzene rings is 2. The van der Waals surface area contributed by atoms with E-state index in [0.717, 1.165) is 11.3 Å². The van der Waals surface area contributed by atoms with Gasteiger partial charge in [0.25, 0.3) is 0 Å². The topological polar surface area (TPSA) is 29.5 Å². The minimum absolute atomic E-state index is 0.0638. The fourth-order valence-corrected chi connectivity index (χ4v) is 2.91. The quantitative estimate of drug-likeness (QED) is 0.837. The summed E-state index contributed by atoms with van der Waals surface area (Å²) in [5.74, 6) is 0.800. The second-order valence-electron chi connectivity index (χ2n) is 5.20. The Hall–Kier alpha value is -1.80. The zero-order valence-electron chi connectivity index (χ0n) is 11.3. The van der Waals surface area contributed by atoms with Crippen LogP contribution in [0.2, 0.25) is 0 Å². The summed E-state index contributed by atoms with van der Waals surface area (Å²) in [6, 6.07) is 14.0. The molecule has 2 atom stereocenters. The van der Waals surface area contributed by atoms with Gasteiger partial charge in [-0.15, -0.1) is 0 Å². The number of fused-ring (bicyclic) bond motifs is 1. The number of aliphatic hydroxyl groups is 1. The Morgan fingerprint density at radius 3 is 2.42 bits per heavy atom. The molecule has 0 bridgehead atoms. The highest BCUT2D eigenvalue weighted by Gasteiger charge is 2.29. The molecule has 2 aromatic carbocycles. The first-order valence-corrected chi connectivity index (χ1v) is 6.66. The lowest BCUT2D eigenvalue weighted by molar-refractivity contribution is 0.0652. The van der Waals surface area contributed by atoms with Gasteiger partial charge in [0.05, 0.1) is 6.10 Å². The van der Waals surface area contributed by atoms with Crippen molar-refractivity contribution in [2.24, 2.45) is 0 Å². The Balaban J connectivity index is 2.02. The van der Waals surface area contributed by atoms with E-state index < -0.39 is 6.10 Å². The van der Waals surface area contributed by atoms with Crippen LogP contribution in [0.1, 0.15) is 40.9 Å². The fourth-order valence-electron chi connectivity index (χ4n) is 2.91. The molecule has 0 radical (unpaired) electrons. The van der Waals surface area contributed by atoms with Crippen molar-refractivity contribution in [3.05, 3.63) is 64.7 Å². The minimum atomic E-state index is -0.450. The van der Waals surface area contributed by atoms with Crippen molar-refractivity contribution in [2.45, 2.75) is 32.5 Å². The molecule has 0 aromatic heterocycles. The van der Waals surface area contributed by atoms with Crippen LogP contribution in [0.25, 0.3) is 0 Å². The Morgan fingerprint density at radius 2 is 1.68 bits per heavy atom. The molecule has 19 heavy (non-hydrogen) atoms. The number of ether oxygens (including phenoxy) is 1. The molecule has 1 unspecified atom stereocenters. The van der Waals surface area contributed by atoms with E-state index in [0.29, 0.717) is 6.42 Å². The molecule has 0 amide bonds. The van der Waals surface area contributed by atoms with Gasteiger partial charge in [0.15, 0.2) is 0 Å². The van der Waals surface area contributed by atoms with Crippen LogP contribution < -0.4 is 4.74 Å². The van der Waals surface area contributed by atoms with Gasteiger partial charge in [0, 0.05) is 12.0 Å². The van der Waals surface area contributed by atoms with E-state index >= 15 is 0 Å². The maximum Gasteiger partial charge on any atom is 0.127 e. The summed E-state index contributed by atoms with van der Waals surface area (Å²) < 4.78 is 6.09. The van der Waals surface area contributed by atoms with Crippen molar-refractivity contribution in [3.63, 3.8) is 0 Å². The van der Waals surface area contributed by atoms with Crippen LogP contribution in [0.4, 0.5) is 0 Å². The van der Waals surface area contributed by atoms with E-state index in [9.17, 15) is 5.11 Å². The summed E-state index contributed by atoms with van der Waals surface area (Å²) in [5, 5.41) is 10.3. The average Bonchev–Trinajstić information content (AvgIpc) is 2.38. The Labute approximate surface area is 113 Å². The van der Waals surface area contributed by atoms with E-state index in [2.05, 4.69) is 32.0 Å². The molecule has 0 saturated carbocycles. The average molecular weight is 254 g/mol. The van der Waals surface area contributed by atoms with Gasteiger partial charge in [-0.05, 0) is 36.6 Å². The standard InChI is InChI=1S/C17H18O2/c1-11-6-5-7-12(2)17(11)16-10-14(18)13-8-3-4-9-15(13)19-16/h3-9,14,16,18H,10H2,1-2H3/t14-,16?/m1/s1. The zero-order chi connectivity index (χ0) is 13.4. The molecular formula is C17H18O2. The number of hydrogen-bond acceptors (Lipinski definition) is 2. The van der Waals surface area contributed by atoms with Gasteiger partial charge < -0.3 is 9.84 Å². The second kappa shape index (κ2) is 4.71. The molecule has 1 heterocycles. The van der Waals surface area contributed by atoms with Crippen molar-refractivity contribution in [1.82, 2.24) is 0 Å². The molecule has 2 aromatic rings. The second-order valence-corrected chi connectivity index (χ2v) is 5.20. The Bertz CT molecular complexity index is 584. The van der Waals surface area contributed by atoms with Crippen LogP contribution in [0, 0.1) is 13.8 Å². The predicted octanol–water partition coefficient (Wildman–Crippen LogP) is 3.86. The predicted molar refractivity (Wildman–Crippen MR) is 75.3 cm³/mol. The summed E-state index contributed by atoms with van der Waals surface area (Å²) >= 11 is 0. The molecule has 98 valence electrons. The zero-order valence-corrected chi connectivity index (χ0v) is 11.3. The van der Waals surface area contributed by atoms with Crippen molar-refractivity contribution in [2.75, 3.05) is 0 Å². The Morgan fingerprint density at radius 1 is 1.00 bits per heavy atom. The maximum absolute atomic E-state index is 10.3. The first-order chi connectivity index (χ1) is 9.16. The molecule has 2 nitrogen and oxygen atoms in total. The van der Waals surface area contributed by atoms with Crippen LogP contribution in [0.5, 0.6) is 5.75 Å². The van der Waals surface area contributed by atoms with E-state index in [-0.39, 0.29) is 6.10 Å². The number of para-hydroxylation sites is 1. The van der Waals surface area contributed by atoms with Crippen LogP contribution in [0.3, 0.4) is 0 Å². The summed E-state index contributed by atoms with van der Waals surface area (Å²) in [7, 11) is 0. The van der Waals surface area contributed by atoms with Gasteiger partial charge in [-0.2, -0.15) is 0 Å². The van der Waals surface area contributed by atoms with Gasteiger partial charge in [0.1, 0.15) is 11.9 Å². The van der Waals surface area contributed by atoms with Crippen molar-refractivity contribution in [1.29, 1.82) is 0 Å². The first-order valence-electron chi connectivity index (χ1n) is 6.66. The Kier molecular flexibility index (Phi) is 3.03. The van der Waals surface area contributed by atoms with Gasteiger partial charge in [-0.3, -0.25) is 0 Å². The summed E-state index contributed by atoms with van der Waals surface area (Å²) in [6.45, 7) is 4.19. The number of hydrogen-bond donors (Lipinski definition) is 1. The van der Waals surface area contributed by atoms with Gasteiger partial charge >= 0.3 is 0 Å². The first kappa shape index (κ1) is 12.2. The van der Waals surface area contributed by atoms with Crippen LogP contribution in [-0.2, 0) is 0 Å². The van der Waals surface area contributed by atoms with E-state index in [1.165, 1.54) is 16.7 Å². The smallest absolute Gasteiger partial charge is 0.127 e. The molecule has 1 aliphatic rings. The summed E-state index contributed by atoms with van der Waals surface area (Å²) in [4.78, 5) is 0. The molecule has 0 fully saturated rings. The molecule has 3 rings (SSSR count). The van der Waals surface area contributed by atoms with E-state index in [1.54, 1.807) is 0 Å². The van der Waals surface area contributed by atoms with Crippen LogP contribution >= 0.6 is 0 Å². The molecule has 2 heteroatoms. The number of aliphatic hydroxyl groups excluding tert-OH is 1. The molecule has 0 spiro atoms.